The topological polar surface area (TPSA) is 74.6 Å². The lowest BCUT2D eigenvalue weighted by Gasteiger charge is -2.27. The molecule has 0 aliphatic rings. The van der Waals surface area contributed by atoms with Crippen LogP contribution in [0.2, 0.25) is 0 Å². The molecule has 0 saturated carbocycles. The molecular weight excluding hydrogens is 352 g/mol. The van der Waals surface area contributed by atoms with Gasteiger partial charge in [-0.1, -0.05) is 72.3 Å². The Labute approximate surface area is 170 Å². The van der Waals surface area contributed by atoms with E-state index in [1.165, 1.54) is 12.5 Å². The van der Waals surface area contributed by atoms with E-state index in [0.29, 0.717) is 0 Å². The van der Waals surface area contributed by atoms with Gasteiger partial charge in [-0.25, -0.2) is 9.59 Å². The molecule has 0 saturated heterocycles. The maximum atomic E-state index is 12.2. The van der Waals surface area contributed by atoms with Crippen molar-refractivity contribution >= 4 is 11.9 Å². The van der Waals surface area contributed by atoms with Crippen molar-refractivity contribution in [2.24, 2.45) is 0 Å². The number of aromatic carboxylic acids is 2. The van der Waals surface area contributed by atoms with Crippen molar-refractivity contribution in [2.45, 2.75) is 104 Å². The fourth-order valence-electron chi connectivity index (χ4n) is 4.25. The summed E-state index contributed by atoms with van der Waals surface area (Å²) in [5, 5.41) is 19.5. The van der Waals surface area contributed by atoms with Gasteiger partial charge in [0.25, 0.3) is 0 Å². The number of hydrogen-bond acceptors (Lipinski definition) is 2. The van der Waals surface area contributed by atoms with Crippen molar-refractivity contribution in [3.8, 4) is 0 Å². The molecule has 4 nitrogen and oxygen atoms in total. The van der Waals surface area contributed by atoms with Gasteiger partial charge in [0, 0.05) is 0 Å². The fourth-order valence-corrected chi connectivity index (χ4v) is 4.25. The summed E-state index contributed by atoms with van der Waals surface area (Å²) in [6, 6.07) is 3.40. The van der Waals surface area contributed by atoms with Crippen LogP contribution in [-0.2, 0) is 0 Å². The van der Waals surface area contributed by atoms with Crippen LogP contribution in [0.1, 0.15) is 136 Å². The lowest BCUT2D eigenvalue weighted by Crippen LogP contribution is -2.18. The van der Waals surface area contributed by atoms with Gasteiger partial charge in [0.1, 0.15) is 0 Å². The van der Waals surface area contributed by atoms with Crippen LogP contribution in [0.15, 0.2) is 12.1 Å². The van der Waals surface area contributed by atoms with E-state index in [1.807, 2.05) is 6.07 Å². The average Bonchev–Trinajstić information content (AvgIpc) is 2.68. The molecule has 1 aromatic rings. The molecule has 4 heteroatoms. The second kappa shape index (κ2) is 12.6. The number of benzene rings is 1. The third kappa shape index (κ3) is 6.35. The molecule has 2 atom stereocenters. The molecule has 2 unspecified atom stereocenters. The van der Waals surface area contributed by atoms with Gasteiger partial charge in [-0.15, -0.1) is 0 Å². The van der Waals surface area contributed by atoms with Crippen molar-refractivity contribution in [2.75, 3.05) is 0 Å². The molecular formula is C24H38O4. The number of carboxylic acids is 2. The van der Waals surface area contributed by atoms with Gasteiger partial charge in [-0.3, -0.25) is 0 Å². The Bertz CT molecular complexity index is 636. The number of carboxylic acid groups (broad SMARTS) is 2. The van der Waals surface area contributed by atoms with Crippen LogP contribution in [0, 0.1) is 0 Å². The van der Waals surface area contributed by atoms with Crippen molar-refractivity contribution in [3.63, 3.8) is 0 Å². The largest absolute Gasteiger partial charge is 0.478 e. The minimum Gasteiger partial charge on any atom is -0.478 e. The van der Waals surface area contributed by atoms with E-state index in [1.54, 1.807) is 0 Å². The predicted molar refractivity (Wildman–Crippen MR) is 115 cm³/mol. The summed E-state index contributed by atoms with van der Waals surface area (Å²) >= 11 is 0. The van der Waals surface area contributed by atoms with Crippen LogP contribution in [0.3, 0.4) is 0 Å². The molecule has 2 N–H and O–H groups in total. The summed E-state index contributed by atoms with van der Waals surface area (Å²) in [5.41, 5.74) is 1.78. The van der Waals surface area contributed by atoms with Crippen molar-refractivity contribution in [1.82, 2.24) is 0 Å². The Kier molecular flexibility index (Phi) is 10.9. The number of hydrogen-bond donors (Lipinski definition) is 2. The molecule has 0 bridgehead atoms. The molecule has 0 aromatic heterocycles. The molecule has 158 valence electrons. The molecule has 1 aromatic carbocycles. The van der Waals surface area contributed by atoms with Crippen LogP contribution < -0.4 is 0 Å². The van der Waals surface area contributed by atoms with Crippen molar-refractivity contribution < 1.29 is 19.8 Å². The van der Waals surface area contributed by atoms with E-state index < -0.39 is 11.9 Å². The highest BCUT2D eigenvalue weighted by Gasteiger charge is 2.29. The van der Waals surface area contributed by atoms with E-state index in [2.05, 4.69) is 27.7 Å². The minimum atomic E-state index is -1.16. The maximum Gasteiger partial charge on any atom is 0.336 e. The van der Waals surface area contributed by atoms with E-state index in [4.69, 9.17) is 0 Å². The van der Waals surface area contributed by atoms with Crippen molar-refractivity contribution in [3.05, 3.63) is 34.4 Å². The highest BCUT2D eigenvalue weighted by molar-refractivity contribution is 6.03. The van der Waals surface area contributed by atoms with E-state index in [-0.39, 0.29) is 23.0 Å². The first kappa shape index (κ1) is 24.2. The molecule has 0 fully saturated rings. The van der Waals surface area contributed by atoms with Crippen molar-refractivity contribution in [1.29, 1.82) is 0 Å². The zero-order chi connectivity index (χ0) is 21.1. The smallest absolute Gasteiger partial charge is 0.336 e. The zero-order valence-corrected chi connectivity index (χ0v) is 18.1. The zero-order valence-electron chi connectivity index (χ0n) is 18.1. The molecule has 0 aliphatic carbocycles. The third-order valence-electron chi connectivity index (χ3n) is 5.87. The van der Waals surface area contributed by atoms with Gasteiger partial charge in [-0.05, 0) is 54.7 Å². The predicted octanol–water partition coefficient (Wildman–Crippen LogP) is 7.23. The monoisotopic (exact) mass is 390 g/mol. The Morgan fingerprint density at radius 2 is 1.32 bits per heavy atom. The second-order valence-electron chi connectivity index (χ2n) is 7.80. The van der Waals surface area contributed by atoms with Crippen LogP contribution in [0.25, 0.3) is 0 Å². The highest BCUT2D eigenvalue weighted by Crippen LogP contribution is 2.39. The number of carbonyl (C=O) groups is 2. The van der Waals surface area contributed by atoms with E-state index >= 15 is 0 Å². The van der Waals surface area contributed by atoms with E-state index in [0.717, 1.165) is 68.9 Å². The lowest BCUT2D eigenvalue weighted by atomic mass is 9.77. The van der Waals surface area contributed by atoms with Gasteiger partial charge in [-0.2, -0.15) is 0 Å². The third-order valence-corrected chi connectivity index (χ3v) is 5.87. The molecule has 1 rings (SSSR count). The Morgan fingerprint density at radius 3 is 1.75 bits per heavy atom. The Hall–Kier alpha value is -1.84. The number of unbranched alkanes of at least 4 members (excludes halogenated alkanes) is 4. The molecule has 0 radical (unpaired) electrons. The first-order valence-corrected chi connectivity index (χ1v) is 11.1. The number of rotatable bonds is 14. The summed E-state index contributed by atoms with van der Waals surface area (Å²) in [7, 11) is 0. The molecule has 28 heavy (non-hydrogen) atoms. The van der Waals surface area contributed by atoms with Gasteiger partial charge >= 0.3 is 11.9 Å². The van der Waals surface area contributed by atoms with E-state index in [9.17, 15) is 19.8 Å². The van der Waals surface area contributed by atoms with Gasteiger partial charge in [0.15, 0.2) is 0 Å². The lowest BCUT2D eigenvalue weighted by molar-refractivity contribution is 0.0649. The fraction of sp³-hybridized carbons (Fsp3) is 0.667. The first-order chi connectivity index (χ1) is 13.4. The Balaban J connectivity index is 3.53. The maximum absolute atomic E-state index is 12.2. The van der Waals surface area contributed by atoms with Gasteiger partial charge in [0.05, 0.1) is 11.1 Å². The molecule has 0 spiro atoms. The average molecular weight is 391 g/mol. The summed E-state index contributed by atoms with van der Waals surface area (Å²) in [6.45, 7) is 8.56. The van der Waals surface area contributed by atoms with Crippen LogP contribution in [-0.4, -0.2) is 22.2 Å². The summed E-state index contributed by atoms with van der Waals surface area (Å²) < 4.78 is 0. The highest BCUT2D eigenvalue weighted by atomic mass is 16.4. The first-order valence-electron chi connectivity index (χ1n) is 11.1. The molecule has 0 amide bonds. The van der Waals surface area contributed by atoms with Crippen LogP contribution >= 0.6 is 0 Å². The minimum absolute atomic E-state index is 0.0160. The molecule has 0 aliphatic heterocycles. The summed E-state index contributed by atoms with van der Waals surface area (Å²) in [6.07, 6.45) is 10.4. The quantitative estimate of drug-likeness (QED) is 0.328. The van der Waals surface area contributed by atoms with Gasteiger partial charge < -0.3 is 10.2 Å². The summed E-state index contributed by atoms with van der Waals surface area (Å²) in [4.78, 5) is 23.9. The SMILES string of the molecule is CCCCCC(CC)c1ccc(C(=O)O)c(C(=O)O)c1C(CC)CCCCC. The van der Waals surface area contributed by atoms with Gasteiger partial charge in [0.2, 0.25) is 0 Å². The van der Waals surface area contributed by atoms with Crippen LogP contribution in [0.5, 0.6) is 0 Å². The normalized spacial score (nSPS) is 13.3. The standard InChI is InChI=1S/C24H38O4/c1-5-9-11-13-17(7-3)19-15-16-20(23(25)26)22(24(27)28)21(19)18(8-4)14-12-10-6-2/h15-18H,5-14H2,1-4H3,(H,25,26)(H,27,28). The summed E-state index contributed by atoms with van der Waals surface area (Å²) in [5.74, 6) is -1.91. The Morgan fingerprint density at radius 1 is 0.786 bits per heavy atom. The molecule has 0 heterocycles. The second-order valence-corrected chi connectivity index (χ2v) is 7.80. The van der Waals surface area contributed by atoms with Crippen LogP contribution in [0.4, 0.5) is 0 Å².